The third-order valence-corrected chi connectivity index (χ3v) is 5.38. The lowest BCUT2D eigenvalue weighted by Gasteiger charge is -2.37. The Morgan fingerprint density at radius 1 is 1.25 bits per heavy atom. The van der Waals surface area contributed by atoms with E-state index in [0.29, 0.717) is 0 Å². The average Bonchev–Trinajstić information content (AvgIpc) is 3.01. The van der Waals surface area contributed by atoms with E-state index in [4.69, 9.17) is 0 Å². The van der Waals surface area contributed by atoms with Crippen LogP contribution in [0.25, 0.3) is 0 Å². The van der Waals surface area contributed by atoms with Gasteiger partial charge in [0.05, 0.1) is 10.7 Å². The van der Waals surface area contributed by atoms with E-state index in [1.54, 1.807) is 0 Å². The molecule has 20 heavy (non-hydrogen) atoms. The second-order valence-electron chi connectivity index (χ2n) is 5.70. The van der Waals surface area contributed by atoms with Gasteiger partial charge in [0.25, 0.3) is 0 Å². The van der Waals surface area contributed by atoms with Crippen LogP contribution in [0.4, 0.5) is 0 Å². The van der Waals surface area contributed by atoms with Crippen molar-refractivity contribution in [3.05, 3.63) is 15.6 Å². The third-order valence-electron chi connectivity index (χ3n) is 4.32. The van der Waals surface area contributed by atoms with Crippen molar-refractivity contribution in [2.75, 3.05) is 39.3 Å². The number of aryl methyl sites for hydroxylation is 2. The summed E-state index contributed by atoms with van der Waals surface area (Å²) in [5.74, 6) is 0. The molecule has 2 aliphatic heterocycles. The molecule has 1 aromatic rings. The minimum atomic E-state index is 0. The molecule has 1 N–H and O–H groups in total. The summed E-state index contributed by atoms with van der Waals surface area (Å²) in [6.07, 6.45) is 1.33. The molecule has 1 atom stereocenters. The summed E-state index contributed by atoms with van der Waals surface area (Å²) < 4.78 is 0. The Bertz CT molecular complexity index is 423. The Morgan fingerprint density at radius 2 is 2.00 bits per heavy atom. The minimum Gasteiger partial charge on any atom is -0.315 e. The number of halogens is 1. The fourth-order valence-corrected chi connectivity index (χ4v) is 4.14. The lowest BCUT2D eigenvalue weighted by molar-refractivity contribution is 0.0986. The van der Waals surface area contributed by atoms with E-state index >= 15 is 0 Å². The number of aromatic nitrogens is 1. The maximum Gasteiger partial charge on any atom is 0.0900 e. The highest BCUT2D eigenvalue weighted by Crippen LogP contribution is 2.20. The van der Waals surface area contributed by atoms with Gasteiger partial charge in [0, 0.05) is 50.2 Å². The summed E-state index contributed by atoms with van der Waals surface area (Å²) in [6.45, 7) is 12.6. The molecule has 4 nitrogen and oxygen atoms in total. The van der Waals surface area contributed by atoms with Crippen LogP contribution in [0.3, 0.4) is 0 Å². The zero-order valence-electron chi connectivity index (χ0n) is 12.4. The van der Waals surface area contributed by atoms with E-state index < -0.39 is 0 Å². The van der Waals surface area contributed by atoms with Gasteiger partial charge in [-0.05, 0) is 26.8 Å². The third kappa shape index (κ3) is 3.71. The average molecular weight is 317 g/mol. The van der Waals surface area contributed by atoms with Crippen molar-refractivity contribution in [2.45, 2.75) is 32.9 Å². The molecule has 0 amide bonds. The van der Waals surface area contributed by atoms with E-state index in [2.05, 4.69) is 33.9 Å². The predicted octanol–water partition coefficient (Wildman–Crippen LogP) is 1.66. The van der Waals surface area contributed by atoms with E-state index in [1.165, 1.54) is 61.3 Å². The van der Waals surface area contributed by atoms with Gasteiger partial charge in [-0.25, -0.2) is 4.98 Å². The smallest absolute Gasteiger partial charge is 0.0900 e. The molecule has 114 valence electrons. The Labute approximate surface area is 132 Å². The van der Waals surface area contributed by atoms with Crippen LogP contribution in [-0.4, -0.2) is 60.1 Å². The van der Waals surface area contributed by atoms with Crippen LogP contribution in [0.15, 0.2) is 0 Å². The molecular weight excluding hydrogens is 292 g/mol. The number of piperazine rings is 1. The zero-order chi connectivity index (χ0) is 13.2. The van der Waals surface area contributed by atoms with Crippen LogP contribution in [0.5, 0.6) is 0 Å². The molecule has 3 heterocycles. The van der Waals surface area contributed by atoms with Crippen molar-refractivity contribution in [1.82, 2.24) is 20.1 Å². The Balaban J connectivity index is 0.00000147. The van der Waals surface area contributed by atoms with Crippen LogP contribution in [0.2, 0.25) is 0 Å². The minimum absolute atomic E-state index is 0. The molecule has 0 bridgehead atoms. The fourth-order valence-electron chi connectivity index (χ4n) is 3.16. The van der Waals surface area contributed by atoms with Crippen LogP contribution in [-0.2, 0) is 6.54 Å². The Kier molecular flexibility index (Phi) is 5.81. The highest BCUT2D eigenvalue weighted by Gasteiger charge is 2.26. The molecule has 0 aliphatic carbocycles. The maximum absolute atomic E-state index is 4.53. The summed E-state index contributed by atoms with van der Waals surface area (Å²) in [6, 6.07) is 0.787. The monoisotopic (exact) mass is 316 g/mol. The maximum atomic E-state index is 4.53. The lowest BCUT2D eigenvalue weighted by atomic mass is 10.2. The second-order valence-corrected chi connectivity index (χ2v) is 6.99. The predicted molar refractivity (Wildman–Crippen MR) is 87.0 cm³/mol. The summed E-state index contributed by atoms with van der Waals surface area (Å²) in [7, 11) is 0. The normalized spacial score (nSPS) is 24.8. The molecule has 1 aromatic heterocycles. The van der Waals surface area contributed by atoms with Gasteiger partial charge in [0.2, 0.25) is 0 Å². The van der Waals surface area contributed by atoms with E-state index in [1.807, 2.05) is 11.3 Å². The quantitative estimate of drug-likeness (QED) is 0.919. The topological polar surface area (TPSA) is 31.4 Å². The van der Waals surface area contributed by atoms with Crippen molar-refractivity contribution in [3.8, 4) is 0 Å². The largest absolute Gasteiger partial charge is 0.315 e. The molecule has 2 fully saturated rings. The molecule has 6 heteroatoms. The second kappa shape index (κ2) is 7.18. The van der Waals surface area contributed by atoms with Crippen molar-refractivity contribution < 1.29 is 0 Å². The van der Waals surface area contributed by atoms with E-state index in [9.17, 15) is 0 Å². The number of hydrogen-bond donors (Lipinski definition) is 1. The first-order valence-electron chi connectivity index (χ1n) is 7.32. The lowest BCUT2D eigenvalue weighted by Crippen LogP contribution is -2.50. The highest BCUT2D eigenvalue weighted by atomic mass is 35.5. The van der Waals surface area contributed by atoms with Gasteiger partial charge in [-0.2, -0.15) is 0 Å². The number of thiazole rings is 1. The summed E-state index contributed by atoms with van der Waals surface area (Å²) in [5, 5.41) is 4.67. The molecule has 0 saturated carbocycles. The van der Waals surface area contributed by atoms with Crippen molar-refractivity contribution in [2.24, 2.45) is 0 Å². The van der Waals surface area contributed by atoms with Crippen molar-refractivity contribution in [1.29, 1.82) is 0 Å². The number of nitrogens with zero attached hydrogens (tertiary/aromatic N) is 3. The standard InChI is InChI=1S/C14H24N4S.ClH/c1-11-14(19-12(2)16-11)10-17-5-7-18(8-6-17)13-3-4-15-9-13;/h13,15H,3-10H2,1-2H3;1H. The van der Waals surface area contributed by atoms with E-state index in [-0.39, 0.29) is 12.4 Å². The summed E-state index contributed by atoms with van der Waals surface area (Å²) >= 11 is 1.86. The molecule has 0 radical (unpaired) electrons. The zero-order valence-corrected chi connectivity index (χ0v) is 14.0. The van der Waals surface area contributed by atoms with Gasteiger partial charge in [0.1, 0.15) is 0 Å². The van der Waals surface area contributed by atoms with Gasteiger partial charge in [-0.3, -0.25) is 9.80 Å². The van der Waals surface area contributed by atoms with Gasteiger partial charge in [0.15, 0.2) is 0 Å². The summed E-state index contributed by atoms with van der Waals surface area (Å²) in [5.41, 5.74) is 1.23. The molecular formula is C14H25ClN4S. The SMILES string of the molecule is Cc1nc(C)c(CN2CCN(C3CCNC3)CC2)s1.Cl. The molecule has 3 rings (SSSR count). The van der Waals surface area contributed by atoms with Crippen molar-refractivity contribution in [3.63, 3.8) is 0 Å². The molecule has 2 aliphatic rings. The summed E-state index contributed by atoms with van der Waals surface area (Å²) in [4.78, 5) is 11.2. The molecule has 2 saturated heterocycles. The van der Waals surface area contributed by atoms with Gasteiger partial charge in [-0.1, -0.05) is 0 Å². The molecule has 0 aromatic carbocycles. The fraction of sp³-hybridized carbons (Fsp3) is 0.786. The number of hydrogen-bond acceptors (Lipinski definition) is 5. The van der Waals surface area contributed by atoms with E-state index in [0.717, 1.165) is 12.6 Å². The first-order valence-corrected chi connectivity index (χ1v) is 8.14. The Hall–Kier alpha value is -0.200. The van der Waals surface area contributed by atoms with Crippen LogP contribution in [0, 0.1) is 13.8 Å². The molecule has 1 unspecified atom stereocenters. The van der Waals surface area contributed by atoms with Crippen LogP contribution < -0.4 is 5.32 Å². The van der Waals surface area contributed by atoms with Crippen LogP contribution >= 0.6 is 23.7 Å². The Morgan fingerprint density at radius 3 is 2.55 bits per heavy atom. The van der Waals surface area contributed by atoms with Gasteiger partial charge >= 0.3 is 0 Å². The van der Waals surface area contributed by atoms with Crippen LogP contribution in [0.1, 0.15) is 22.0 Å². The first-order chi connectivity index (χ1) is 9.22. The number of rotatable bonds is 3. The van der Waals surface area contributed by atoms with Crippen molar-refractivity contribution >= 4 is 23.7 Å². The van der Waals surface area contributed by atoms with Gasteiger partial charge < -0.3 is 5.32 Å². The number of nitrogens with one attached hydrogen (secondary N) is 1. The highest BCUT2D eigenvalue weighted by molar-refractivity contribution is 7.11. The first kappa shape index (κ1) is 16.2. The molecule has 0 spiro atoms. The van der Waals surface area contributed by atoms with Gasteiger partial charge in [-0.15, -0.1) is 23.7 Å².